The van der Waals surface area contributed by atoms with Crippen LogP contribution < -0.4 is 9.47 Å². The van der Waals surface area contributed by atoms with E-state index in [1.807, 2.05) is 19.1 Å². The summed E-state index contributed by atoms with van der Waals surface area (Å²) >= 11 is 0. The van der Waals surface area contributed by atoms with Gasteiger partial charge in [0.1, 0.15) is 0 Å². The quantitative estimate of drug-likeness (QED) is 0.845. The van der Waals surface area contributed by atoms with E-state index >= 15 is 0 Å². The topological polar surface area (TPSA) is 47.9 Å². The van der Waals surface area contributed by atoms with Gasteiger partial charge in [0.2, 0.25) is 6.79 Å². The van der Waals surface area contributed by atoms with Crippen LogP contribution in [0.2, 0.25) is 0 Å². The van der Waals surface area contributed by atoms with Crippen LogP contribution in [0.5, 0.6) is 11.5 Å². The van der Waals surface area contributed by atoms with Gasteiger partial charge in [-0.25, -0.2) is 0 Å². The van der Waals surface area contributed by atoms with Crippen molar-refractivity contribution in [2.45, 2.75) is 19.4 Å². The number of fused-ring (bicyclic) bond motifs is 1. The van der Waals surface area contributed by atoms with Crippen LogP contribution in [0.3, 0.4) is 0 Å². The molecule has 4 nitrogen and oxygen atoms in total. The Hall–Kier alpha value is -1.26. The molecule has 0 bridgehead atoms. The third kappa shape index (κ3) is 1.86. The lowest BCUT2D eigenvalue weighted by Gasteiger charge is -2.13. The lowest BCUT2D eigenvalue weighted by molar-refractivity contribution is 0.162. The van der Waals surface area contributed by atoms with Crippen molar-refractivity contribution in [2.75, 3.05) is 20.5 Å². The minimum Gasteiger partial charge on any atom is -0.453 e. The van der Waals surface area contributed by atoms with E-state index in [1.54, 1.807) is 7.11 Å². The molecule has 1 aliphatic heterocycles. The Morgan fingerprint density at radius 2 is 2.12 bits per heavy atom. The number of aliphatic hydroxyl groups is 1. The molecule has 88 valence electrons. The molecule has 1 heterocycles. The second-order valence-corrected chi connectivity index (χ2v) is 3.90. The predicted octanol–water partition coefficient (Wildman–Crippen LogP) is 1.66. The third-order valence-corrected chi connectivity index (χ3v) is 2.74. The van der Waals surface area contributed by atoms with E-state index in [-0.39, 0.29) is 19.3 Å². The summed E-state index contributed by atoms with van der Waals surface area (Å²) in [5, 5.41) is 9.17. The lowest BCUT2D eigenvalue weighted by atomic mass is 9.98. The van der Waals surface area contributed by atoms with Crippen molar-refractivity contribution in [1.82, 2.24) is 0 Å². The molecule has 1 N–H and O–H groups in total. The standard InChI is InChI=1S/C12H16O4/c1-8(5-13)10-4-3-9(6-14-2)11-12(10)16-7-15-11/h3-4,8,13H,5-7H2,1-2H3. The number of benzene rings is 1. The van der Waals surface area contributed by atoms with Gasteiger partial charge in [0.15, 0.2) is 11.5 Å². The molecule has 1 aromatic rings. The zero-order valence-electron chi connectivity index (χ0n) is 9.53. The molecule has 16 heavy (non-hydrogen) atoms. The van der Waals surface area contributed by atoms with E-state index in [0.29, 0.717) is 6.61 Å². The van der Waals surface area contributed by atoms with Crippen molar-refractivity contribution < 1.29 is 19.3 Å². The number of hydrogen-bond acceptors (Lipinski definition) is 4. The van der Waals surface area contributed by atoms with Gasteiger partial charge in [0.25, 0.3) is 0 Å². The summed E-state index contributed by atoms with van der Waals surface area (Å²) in [7, 11) is 1.65. The summed E-state index contributed by atoms with van der Waals surface area (Å²) in [6.45, 7) is 2.79. The van der Waals surface area contributed by atoms with Crippen LogP contribution in [0.15, 0.2) is 12.1 Å². The number of methoxy groups -OCH3 is 1. The third-order valence-electron chi connectivity index (χ3n) is 2.74. The Morgan fingerprint density at radius 1 is 1.38 bits per heavy atom. The first-order valence-corrected chi connectivity index (χ1v) is 5.29. The van der Waals surface area contributed by atoms with E-state index in [4.69, 9.17) is 14.2 Å². The first kappa shape index (κ1) is 11.2. The zero-order valence-corrected chi connectivity index (χ0v) is 9.53. The molecule has 0 saturated carbocycles. The molecule has 1 atom stereocenters. The van der Waals surface area contributed by atoms with Crippen molar-refractivity contribution in [3.63, 3.8) is 0 Å². The predicted molar refractivity (Wildman–Crippen MR) is 58.8 cm³/mol. The van der Waals surface area contributed by atoms with E-state index in [2.05, 4.69) is 0 Å². The maximum Gasteiger partial charge on any atom is 0.231 e. The van der Waals surface area contributed by atoms with Gasteiger partial charge < -0.3 is 19.3 Å². The van der Waals surface area contributed by atoms with Gasteiger partial charge >= 0.3 is 0 Å². The SMILES string of the molecule is COCc1ccc(C(C)CO)c2c1OCO2. The van der Waals surface area contributed by atoms with E-state index < -0.39 is 0 Å². The molecule has 4 heteroatoms. The van der Waals surface area contributed by atoms with Gasteiger partial charge in [-0.15, -0.1) is 0 Å². The van der Waals surface area contributed by atoms with Crippen LogP contribution in [-0.4, -0.2) is 25.6 Å². The smallest absolute Gasteiger partial charge is 0.231 e. The minimum atomic E-state index is 0.0482. The Labute approximate surface area is 94.8 Å². The molecule has 1 aliphatic rings. The summed E-state index contributed by atoms with van der Waals surface area (Å²) in [6.07, 6.45) is 0. The van der Waals surface area contributed by atoms with Gasteiger partial charge in [0, 0.05) is 30.8 Å². The largest absolute Gasteiger partial charge is 0.453 e. The summed E-state index contributed by atoms with van der Waals surface area (Å²) in [5.74, 6) is 1.54. The van der Waals surface area contributed by atoms with Crippen molar-refractivity contribution >= 4 is 0 Å². The molecule has 2 rings (SSSR count). The molecule has 0 aliphatic carbocycles. The summed E-state index contributed by atoms with van der Waals surface area (Å²) in [5.41, 5.74) is 1.96. The fourth-order valence-electron chi connectivity index (χ4n) is 1.83. The van der Waals surface area contributed by atoms with Gasteiger partial charge in [-0.3, -0.25) is 0 Å². The molecule has 0 fully saturated rings. The maximum absolute atomic E-state index is 9.17. The van der Waals surface area contributed by atoms with Crippen LogP contribution in [0.1, 0.15) is 24.0 Å². The highest BCUT2D eigenvalue weighted by atomic mass is 16.7. The molecule has 1 unspecified atom stereocenters. The monoisotopic (exact) mass is 224 g/mol. The highest BCUT2D eigenvalue weighted by molar-refractivity contribution is 5.54. The average Bonchev–Trinajstić information content (AvgIpc) is 2.78. The molecule has 0 radical (unpaired) electrons. The van der Waals surface area contributed by atoms with E-state index in [1.165, 1.54) is 0 Å². The van der Waals surface area contributed by atoms with Gasteiger partial charge in [-0.05, 0) is 0 Å². The summed E-state index contributed by atoms with van der Waals surface area (Å²) in [6, 6.07) is 3.92. The highest BCUT2D eigenvalue weighted by Gasteiger charge is 2.23. The minimum absolute atomic E-state index is 0.0482. The first-order valence-electron chi connectivity index (χ1n) is 5.29. The lowest BCUT2D eigenvalue weighted by Crippen LogP contribution is -2.01. The van der Waals surface area contributed by atoms with Gasteiger partial charge in [0.05, 0.1) is 6.61 Å². The Morgan fingerprint density at radius 3 is 2.81 bits per heavy atom. The van der Waals surface area contributed by atoms with Gasteiger partial charge in [-0.2, -0.15) is 0 Å². The molecule has 0 spiro atoms. The summed E-state index contributed by atoms with van der Waals surface area (Å²) < 4.78 is 16.0. The second kappa shape index (κ2) is 4.72. The van der Waals surface area contributed by atoms with E-state index in [9.17, 15) is 5.11 Å². The van der Waals surface area contributed by atoms with Crippen LogP contribution in [0.25, 0.3) is 0 Å². The van der Waals surface area contributed by atoms with Crippen LogP contribution in [0.4, 0.5) is 0 Å². The van der Waals surface area contributed by atoms with Crippen molar-refractivity contribution in [1.29, 1.82) is 0 Å². The zero-order chi connectivity index (χ0) is 11.5. The van der Waals surface area contributed by atoms with Gasteiger partial charge in [-0.1, -0.05) is 19.1 Å². The fraction of sp³-hybridized carbons (Fsp3) is 0.500. The van der Waals surface area contributed by atoms with Crippen molar-refractivity contribution in [3.05, 3.63) is 23.3 Å². The van der Waals surface area contributed by atoms with Crippen LogP contribution >= 0.6 is 0 Å². The highest BCUT2D eigenvalue weighted by Crippen LogP contribution is 2.42. The number of hydrogen-bond donors (Lipinski definition) is 1. The molecule has 1 aromatic carbocycles. The first-order chi connectivity index (χ1) is 7.77. The van der Waals surface area contributed by atoms with Crippen LogP contribution in [-0.2, 0) is 11.3 Å². The van der Waals surface area contributed by atoms with Crippen molar-refractivity contribution in [3.8, 4) is 11.5 Å². The van der Waals surface area contributed by atoms with Crippen LogP contribution in [0, 0.1) is 0 Å². The molecular weight excluding hydrogens is 208 g/mol. The maximum atomic E-state index is 9.17. The second-order valence-electron chi connectivity index (χ2n) is 3.90. The van der Waals surface area contributed by atoms with Crippen molar-refractivity contribution in [2.24, 2.45) is 0 Å². The molecule has 0 amide bonds. The fourth-order valence-corrected chi connectivity index (χ4v) is 1.83. The Balaban J connectivity index is 2.40. The normalized spacial score (nSPS) is 15.2. The average molecular weight is 224 g/mol. The number of rotatable bonds is 4. The number of aliphatic hydroxyl groups excluding tert-OH is 1. The molecule has 0 saturated heterocycles. The molecule has 0 aromatic heterocycles. The summed E-state index contributed by atoms with van der Waals surface area (Å²) in [4.78, 5) is 0. The van der Waals surface area contributed by atoms with E-state index in [0.717, 1.165) is 22.6 Å². The molecular formula is C12H16O4. The Bertz CT molecular complexity index is 376. The Kier molecular flexibility index (Phi) is 3.31. The number of ether oxygens (including phenoxy) is 3.